The highest BCUT2D eigenvalue weighted by Crippen LogP contribution is 2.34. The first-order valence-corrected chi connectivity index (χ1v) is 7.84. The number of H-pyrrole nitrogens is 1. The molecule has 0 unspecified atom stereocenters. The first kappa shape index (κ1) is 16.5. The van der Waals surface area contributed by atoms with E-state index >= 15 is 0 Å². The van der Waals surface area contributed by atoms with Gasteiger partial charge in [0.05, 0.1) is 4.92 Å². The Morgan fingerprint density at radius 2 is 2.12 bits per heavy atom. The zero-order valence-corrected chi connectivity index (χ0v) is 13.8. The number of benzene rings is 1. The molecule has 2 heterocycles. The molecule has 0 aliphatic heterocycles. The fourth-order valence-corrected chi connectivity index (χ4v) is 2.85. The van der Waals surface area contributed by atoms with Crippen molar-refractivity contribution in [3.05, 3.63) is 52.2 Å². The molecular weight excluding hydrogens is 346 g/mol. The molecule has 25 heavy (non-hydrogen) atoms. The number of hydrogen-bond donors (Lipinski definition) is 3. The molecule has 4 N–H and O–H groups in total. The average Bonchev–Trinajstić information content (AvgIpc) is 3.19. The van der Waals surface area contributed by atoms with Gasteiger partial charge in [-0.25, -0.2) is 0 Å². The van der Waals surface area contributed by atoms with Crippen molar-refractivity contribution in [2.75, 3.05) is 7.05 Å². The Hall–Kier alpha value is -3.40. The molecule has 3 aromatic rings. The Labute approximate surface area is 145 Å². The molecule has 0 bridgehead atoms. The van der Waals surface area contributed by atoms with Crippen molar-refractivity contribution in [3.8, 4) is 10.8 Å². The van der Waals surface area contributed by atoms with Crippen molar-refractivity contribution in [1.82, 2.24) is 9.88 Å². The third-order valence-electron chi connectivity index (χ3n) is 3.46. The summed E-state index contributed by atoms with van der Waals surface area (Å²) in [6.45, 7) is 0. The second kappa shape index (κ2) is 6.24. The fourth-order valence-electron chi connectivity index (χ4n) is 2.15. The minimum atomic E-state index is -0.477. The number of amides is 1. The van der Waals surface area contributed by atoms with Gasteiger partial charge in [0.15, 0.2) is 11.0 Å². The van der Waals surface area contributed by atoms with Crippen LogP contribution in [0.25, 0.3) is 10.9 Å². The summed E-state index contributed by atoms with van der Waals surface area (Å²) in [4.78, 5) is 26.4. The summed E-state index contributed by atoms with van der Waals surface area (Å²) in [6.07, 6.45) is 0. The molecule has 0 saturated heterocycles. The molecule has 10 heteroatoms. The number of guanidine groups is 1. The van der Waals surface area contributed by atoms with Crippen LogP contribution in [-0.2, 0) is 0 Å². The van der Waals surface area contributed by atoms with Gasteiger partial charge < -0.3 is 15.5 Å². The lowest BCUT2D eigenvalue weighted by Crippen LogP contribution is -2.38. The minimum absolute atomic E-state index is 0.00361. The van der Waals surface area contributed by atoms with Gasteiger partial charge in [-0.3, -0.25) is 25.2 Å². The van der Waals surface area contributed by atoms with Gasteiger partial charge in [-0.1, -0.05) is 0 Å². The first-order chi connectivity index (χ1) is 11.8. The summed E-state index contributed by atoms with van der Waals surface area (Å²) in [6, 6.07) is 9.70. The van der Waals surface area contributed by atoms with E-state index in [1.54, 1.807) is 24.3 Å². The first-order valence-electron chi connectivity index (χ1n) is 7.02. The molecular formula is C15H13N5O4S. The molecule has 0 fully saturated rings. The number of nitro groups is 1. The van der Waals surface area contributed by atoms with Gasteiger partial charge in [-0.05, 0) is 35.6 Å². The van der Waals surface area contributed by atoms with Gasteiger partial charge in [-0.15, -0.1) is 0 Å². The largest absolute Gasteiger partial charge is 0.446 e. The van der Waals surface area contributed by atoms with E-state index < -0.39 is 10.8 Å². The summed E-state index contributed by atoms with van der Waals surface area (Å²) in [5.41, 5.74) is 6.25. The molecule has 9 nitrogen and oxygen atoms in total. The number of ether oxygens (including phenoxy) is 1. The molecule has 0 saturated carbocycles. The van der Waals surface area contributed by atoms with Crippen LogP contribution in [0.5, 0.6) is 10.8 Å². The zero-order valence-electron chi connectivity index (χ0n) is 13.0. The third-order valence-corrected chi connectivity index (χ3v) is 4.37. The lowest BCUT2D eigenvalue weighted by atomic mass is 10.2. The van der Waals surface area contributed by atoms with Crippen molar-refractivity contribution in [2.45, 2.75) is 0 Å². The Kier molecular flexibility index (Phi) is 4.11. The third kappa shape index (κ3) is 3.28. The zero-order chi connectivity index (χ0) is 18.1. The summed E-state index contributed by atoms with van der Waals surface area (Å²) < 4.78 is 5.62. The van der Waals surface area contributed by atoms with Crippen molar-refractivity contribution in [3.63, 3.8) is 0 Å². The van der Waals surface area contributed by atoms with Crippen molar-refractivity contribution in [2.24, 2.45) is 5.73 Å². The molecule has 0 aliphatic rings. The predicted molar refractivity (Wildman–Crippen MR) is 93.4 cm³/mol. The number of aromatic nitrogens is 1. The second-order valence-electron chi connectivity index (χ2n) is 5.13. The fraction of sp³-hybridized carbons (Fsp3) is 0.0667. The van der Waals surface area contributed by atoms with Crippen LogP contribution in [0.2, 0.25) is 0 Å². The van der Waals surface area contributed by atoms with E-state index in [1.165, 1.54) is 19.2 Å². The number of nitrogens with zero attached hydrogens (tertiary/aromatic N) is 2. The number of fused-ring (bicyclic) bond motifs is 1. The topological polar surface area (TPSA) is 138 Å². The normalized spacial score (nSPS) is 10.6. The van der Waals surface area contributed by atoms with Crippen molar-refractivity contribution >= 4 is 39.1 Å². The van der Waals surface area contributed by atoms with Crippen LogP contribution in [0.15, 0.2) is 36.4 Å². The number of thiophene rings is 1. The van der Waals surface area contributed by atoms with Gasteiger partial charge in [0.1, 0.15) is 11.4 Å². The number of nitrogens with two attached hydrogens (primary N) is 1. The summed E-state index contributed by atoms with van der Waals surface area (Å²) >= 11 is 0.929. The molecule has 1 aromatic carbocycles. The van der Waals surface area contributed by atoms with Gasteiger partial charge >= 0.3 is 5.00 Å². The van der Waals surface area contributed by atoms with Gasteiger partial charge in [-0.2, -0.15) is 0 Å². The number of aromatic amines is 1. The Morgan fingerprint density at radius 1 is 1.36 bits per heavy atom. The Balaban J connectivity index is 1.85. The number of hydrogen-bond acceptors (Lipinski definition) is 6. The Bertz CT molecular complexity index is 993. The van der Waals surface area contributed by atoms with E-state index in [1.807, 2.05) is 0 Å². The average molecular weight is 359 g/mol. The van der Waals surface area contributed by atoms with Crippen molar-refractivity contribution < 1.29 is 14.5 Å². The smallest absolute Gasteiger partial charge is 0.327 e. The van der Waals surface area contributed by atoms with Crippen LogP contribution in [0.1, 0.15) is 10.5 Å². The highest BCUT2D eigenvalue weighted by atomic mass is 32.1. The van der Waals surface area contributed by atoms with E-state index in [4.69, 9.17) is 15.9 Å². The SMILES string of the molecule is CN(C(=N)N)C(=O)c1cc2ccc(Oc3ccc([N+](=O)[O-])s3)cc2[nH]1. The maximum atomic E-state index is 12.2. The maximum Gasteiger partial charge on any atom is 0.327 e. The molecule has 3 rings (SSSR count). The van der Waals surface area contributed by atoms with Crippen LogP contribution in [0.3, 0.4) is 0 Å². The van der Waals surface area contributed by atoms with Crippen LogP contribution in [0.4, 0.5) is 5.00 Å². The molecule has 128 valence electrons. The number of carbonyl (C=O) groups is 1. The molecule has 2 aromatic heterocycles. The quantitative estimate of drug-likeness (QED) is 0.284. The maximum absolute atomic E-state index is 12.2. The highest BCUT2D eigenvalue weighted by Gasteiger charge is 2.17. The standard InChI is InChI=1S/C15H13N5O4S/c1-19(15(16)17)14(21)11-6-8-2-3-9(7-10(8)18-11)24-13-5-4-12(25-13)20(22)23/h2-7,18H,1H3,(H3,16,17). The monoisotopic (exact) mass is 359 g/mol. The molecule has 1 amide bonds. The molecule has 0 atom stereocenters. The summed E-state index contributed by atoms with van der Waals surface area (Å²) in [7, 11) is 1.41. The Morgan fingerprint density at radius 3 is 2.76 bits per heavy atom. The second-order valence-corrected chi connectivity index (χ2v) is 6.16. The number of rotatable bonds is 4. The number of carbonyl (C=O) groups excluding carboxylic acids is 1. The van der Waals surface area contributed by atoms with E-state index in [2.05, 4.69) is 4.98 Å². The van der Waals surface area contributed by atoms with Gasteiger partial charge in [0, 0.05) is 30.1 Å². The van der Waals surface area contributed by atoms with E-state index in [0.717, 1.165) is 21.6 Å². The van der Waals surface area contributed by atoms with Gasteiger partial charge in [0.2, 0.25) is 0 Å². The van der Waals surface area contributed by atoms with E-state index in [-0.39, 0.29) is 16.7 Å². The van der Waals surface area contributed by atoms with E-state index in [9.17, 15) is 14.9 Å². The van der Waals surface area contributed by atoms with Crippen LogP contribution in [0, 0.1) is 15.5 Å². The summed E-state index contributed by atoms with van der Waals surface area (Å²) in [5.74, 6) is -0.308. The molecule has 0 spiro atoms. The highest BCUT2D eigenvalue weighted by molar-refractivity contribution is 7.17. The van der Waals surface area contributed by atoms with Crippen LogP contribution < -0.4 is 10.5 Å². The van der Waals surface area contributed by atoms with Gasteiger partial charge in [0.25, 0.3) is 5.91 Å². The van der Waals surface area contributed by atoms with Crippen molar-refractivity contribution in [1.29, 1.82) is 5.41 Å². The van der Waals surface area contributed by atoms with E-state index in [0.29, 0.717) is 16.3 Å². The predicted octanol–water partition coefficient (Wildman–Crippen LogP) is 2.90. The summed E-state index contributed by atoms with van der Waals surface area (Å²) in [5, 5.41) is 19.2. The lowest BCUT2D eigenvalue weighted by Gasteiger charge is -2.12. The molecule has 0 aliphatic carbocycles. The number of nitrogens with one attached hydrogen (secondary N) is 2. The minimum Gasteiger partial charge on any atom is -0.446 e. The lowest BCUT2D eigenvalue weighted by molar-refractivity contribution is -0.380. The molecule has 0 radical (unpaired) electrons. The van der Waals surface area contributed by atoms with Crippen LogP contribution in [-0.4, -0.2) is 33.7 Å². The van der Waals surface area contributed by atoms with Crippen LogP contribution >= 0.6 is 11.3 Å².